The van der Waals surface area contributed by atoms with Crippen molar-refractivity contribution in [2.75, 3.05) is 4.90 Å². The minimum Gasteiger partial charge on any atom is -0.364 e. The van der Waals surface area contributed by atoms with E-state index in [2.05, 4.69) is 167 Å². The highest BCUT2D eigenvalue weighted by atomic mass is 15.1. The van der Waals surface area contributed by atoms with Gasteiger partial charge in [0.05, 0.1) is 16.7 Å². The van der Waals surface area contributed by atoms with E-state index in [4.69, 9.17) is 4.99 Å². The van der Waals surface area contributed by atoms with E-state index in [1.165, 1.54) is 27.6 Å². The van der Waals surface area contributed by atoms with Crippen LogP contribution >= 0.6 is 0 Å². The molecule has 0 unspecified atom stereocenters. The highest BCUT2D eigenvalue weighted by Crippen LogP contribution is 2.38. The number of aliphatic imine (C=N–C) groups is 1. The molecule has 0 spiro atoms. The van der Waals surface area contributed by atoms with Crippen molar-refractivity contribution in [3.05, 3.63) is 192 Å². The van der Waals surface area contributed by atoms with E-state index in [-0.39, 0.29) is 0 Å². The first-order valence-corrected chi connectivity index (χ1v) is 16.4. The number of para-hydroxylation sites is 4. The van der Waals surface area contributed by atoms with Gasteiger partial charge in [0, 0.05) is 57.3 Å². The normalized spacial score (nSPS) is 21.5. The van der Waals surface area contributed by atoms with Crippen molar-refractivity contribution >= 4 is 39.0 Å². The highest BCUT2D eigenvalue weighted by molar-refractivity contribution is 6.16. The Kier molecular flexibility index (Phi) is 7.60. The second-order valence-electron chi connectivity index (χ2n) is 12.1. The molecule has 2 aliphatic heterocycles. The Balaban J connectivity index is 1.43. The smallest absolute Gasteiger partial charge is 0.137 e. The van der Waals surface area contributed by atoms with Crippen LogP contribution in [0.2, 0.25) is 0 Å². The average molecular weight is 609 g/mol. The summed E-state index contributed by atoms with van der Waals surface area (Å²) in [6.45, 7) is 4.59. The van der Waals surface area contributed by atoms with E-state index in [1.807, 2.05) is 6.20 Å². The van der Waals surface area contributed by atoms with Crippen LogP contribution in [0.3, 0.4) is 0 Å². The number of hydrogen-bond donors (Lipinski definition) is 1. The molecule has 0 bridgehead atoms. The zero-order valence-electron chi connectivity index (χ0n) is 26.3. The SMILES string of the molecule is C=C1\C=C/C2=C(Cc3ccccc3N1c1ccccc1)/N=C(n1c3ccccc3c3ccccc31)\C=C/C=C/NC1=C2C=CCCC1. The number of aromatic nitrogens is 1. The Morgan fingerprint density at radius 3 is 2.21 bits per heavy atom. The summed E-state index contributed by atoms with van der Waals surface area (Å²) >= 11 is 0. The lowest BCUT2D eigenvalue weighted by Crippen LogP contribution is -2.16. The molecule has 0 saturated heterocycles. The number of fused-ring (bicyclic) bond motifs is 5. The molecule has 0 fully saturated rings. The van der Waals surface area contributed by atoms with Crippen LogP contribution in [0.25, 0.3) is 21.8 Å². The fraction of sp³-hybridized carbons (Fsp3) is 0.0930. The van der Waals surface area contributed by atoms with Crippen molar-refractivity contribution in [1.29, 1.82) is 0 Å². The third-order valence-electron chi connectivity index (χ3n) is 9.11. The quantitative estimate of drug-likeness (QED) is 0.205. The number of anilines is 2. The zero-order valence-corrected chi connectivity index (χ0v) is 26.3. The van der Waals surface area contributed by atoms with Crippen LogP contribution in [0.5, 0.6) is 0 Å². The molecule has 8 rings (SSSR count). The van der Waals surface area contributed by atoms with Gasteiger partial charge in [0.1, 0.15) is 5.84 Å². The van der Waals surface area contributed by atoms with Gasteiger partial charge in [-0.1, -0.05) is 104 Å². The number of hydrogen-bond acceptors (Lipinski definition) is 3. The standard InChI is InChI=1S/C43H36N4/c1-31-27-28-35-34-19-6-3-7-22-38(34)44-29-15-14-26-43(47-41-24-12-9-20-36(41)37-21-10-13-25-42(37)47)45-39(35)30-32-16-8-11-23-40(32)46(31)33-17-4-2-5-18-33/h2,4-6,8-21,23-29,44H,1,3,7,22,30H2/b26-14-,28-27-,29-15+,39-35-,45-43+. The van der Waals surface area contributed by atoms with Gasteiger partial charge in [0.25, 0.3) is 0 Å². The predicted molar refractivity (Wildman–Crippen MR) is 198 cm³/mol. The molecule has 0 radical (unpaired) electrons. The monoisotopic (exact) mass is 608 g/mol. The lowest BCUT2D eigenvalue weighted by atomic mass is 9.96. The number of rotatable bonds is 1. The van der Waals surface area contributed by atoms with Gasteiger partial charge in [0.15, 0.2) is 0 Å². The topological polar surface area (TPSA) is 32.6 Å². The minimum absolute atomic E-state index is 0.638. The maximum absolute atomic E-state index is 5.67. The first kappa shape index (κ1) is 28.6. The molecule has 4 nitrogen and oxygen atoms in total. The molecule has 3 aliphatic rings. The van der Waals surface area contributed by atoms with Crippen molar-refractivity contribution in [1.82, 2.24) is 9.88 Å². The third-order valence-corrected chi connectivity index (χ3v) is 9.11. The Labute approximate surface area is 276 Å². The molecule has 228 valence electrons. The van der Waals surface area contributed by atoms with Crippen LogP contribution in [0.15, 0.2) is 192 Å². The largest absolute Gasteiger partial charge is 0.364 e. The van der Waals surface area contributed by atoms with Crippen LogP contribution in [0, 0.1) is 0 Å². The fourth-order valence-corrected chi connectivity index (χ4v) is 6.94. The lowest BCUT2D eigenvalue weighted by Gasteiger charge is -2.27. The molecular weight excluding hydrogens is 573 g/mol. The Bertz CT molecular complexity index is 2180. The van der Waals surface area contributed by atoms with E-state index in [0.717, 1.165) is 64.5 Å². The molecule has 0 amide bonds. The minimum atomic E-state index is 0.638. The molecule has 1 aromatic heterocycles. The molecule has 1 aliphatic carbocycles. The van der Waals surface area contributed by atoms with Crippen molar-refractivity contribution in [3.63, 3.8) is 0 Å². The highest BCUT2D eigenvalue weighted by Gasteiger charge is 2.23. The van der Waals surface area contributed by atoms with Crippen LogP contribution in [-0.2, 0) is 6.42 Å². The Hall–Kier alpha value is -5.87. The summed E-state index contributed by atoms with van der Waals surface area (Å²) in [6.07, 6.45) is 21.0. The van der Waals surface area contributed by atoms with Crippen LogP contribution in [0.1, 0.15) is 24.8 Å². The first-order valence-electron chi connectivity index (χ1n) is 16.4. The van der Waals surface area contributed by atoms with Crippen molar-refractivity contribution in [2.45, 2.75) is 25.7 Å². The Morgan fingerprint density at radius 2 is 1.40 bits per heavy atom. The molecular formula is C43H36N4. The van der Waals surface area contributed by atoms with Gasteiger partial charge in [-0.25, -0.2) is 4.99 Å². The summed E-state index contributed by atoms with van der Waals surface area (Å²) in [4.78, 5) is 7.93. The number of benzene rings is 4. The molecule has 1 N–H and O–H groups in total. The molecule has 5 aromatic rings. The van der Waals surface area contributed by atoms with Gasteiger partial charge in [-0.15, -0.1) is 0 Å². The molecule has 47 heavy (non-hydrogen) atoms. The van der Waals surface area contributed by atoms with E-state index < -0.39 is 0 Å². The van der Waals surface area contributed by atoms with Gasteiger partial charge in [-0.05, 0) is 73.4 Å². The van der Waals surface area contributed by atoms with Crippen LogP contribution < -0.4 is 10.2 Å². The van der Waals surface area contributed by atoms with Crippen LogP contribution in [-0.4, -0.2) is 10.4 Å². The zero-order chi connectivity index (χ0) is 31.6. The van der Waals surface area contributed by atoms with Crippen molar-refractivity contribution in [3.8, 4) is 0 Å². The summed E-state index contributed by atoms with van der Waals surface area (Å²) in [5.74, 6) is 0.866. The summed E-state index contributed by atoms with van der Waals surface area (Å²) in [5.41, 5.74) is 11.0. The first-order chi connectivity index (χ1) is 23.3. The summed E-state index contributed by atoms with van der Waals surface area (Å²) in [5, 5.41) is 6.08. The summed E-state index contributed by atoms with van der Waals surface area (Å²) in [6, 6.07) is 36.4. The van der Waals surface area contributed by atoms with Gasteiger partial charge < -0.3 is 10.2 Å². The number of allylic oxidation sites excluding steroid dienone is 11. The lowest BCUT2D eigenvalue weighted by molar-refractivity contribution is 0.793. The fourth-order valence-electron chi connectivity index (χ4n) is 6.94. The molecule has 4 heteroatoms. The van der Waals surface area contributed by atoms with Crippen molar-refractivity contribution in [2.24, 2.45) is 4.99 Å². The van der Waals surface area contributed by atoms with E-state index in [9.17, 15) is 0 Å². The molecule has 3 heterocycles. The predicted octanol–water partition coefficient (Wildman–Crippen LogP) is 10.4. The Morgan fingerprint density at radius 1 is 0.681 bits per heavy atom. The molecule has 0 atom stereocenters. The van der Waals surface area contributed by atoms with Gasteiger partial charge in [-0.2, -0.15) is 0 Å². The van der Waals surface area contributed by atoms with E-state index in [1.54, 1.807) is 0 Å². The van der Waals surface area contributed by atoms with Gasteiger partial charge in [0.2, 0.25) is 0 Å². The summed E-state index contributed by atoms with van der Waals surface area (Å²) in [7, 11) is 0. The summed E-state index contributed by atoms with van der Waals surface area (Å²) < 4.78 is 2.31. The molecule has 0 saturated carbocycles. The van der Waals surface area contributed by atoms with Crippen LogP contribution in [0.4, 0.5) is 11.4 Å². The second kappa shape index (κ2) is 12.5. The van der Waals surface area contributed by atoms with Crippen molar-refractivity contribution < 1.29 is 0 Å². The third kappa shape index (κ3) is 5.38. The maximum atomic E-state index is 5.67. The second-order valence-corrected chi connectivity index (χ2v) is 12.1. The van der Waals surface area contributed by atoms with E-state index >= 15 is 0 Å². The average Bonchev–Trinajstić information content (AvgIpc) is 3.27. The number of nitrogens with one attached hydrogen (secondary N) is 1. The van der Waals surface area contributed by atoms with Gasteiger partial charge in [-0.3, -0.25) is 4.57 Å². The number of nitrogens with zero attached hydrogens (tertiary/aromatic N) is 3. The van der Waals surface area contributed by atoms with Gasteiger partial charge >= 0.3 is 0 Å². The van der Waals surface area contributed by atoms with E-state index in [0.29, 0.717) is 6.42 Å². The molecule has 4 aromatic carbocycles. The maximum Gasteiger partial charge on any atom is 0.137 e.